The molecule has 1 saturated heterocycles. The highest BCUT2D eigenvalue weighted by atomic mass is 19.1. The number of aryl methyl sites for hydroxylation is 1. The molecule has 166 valence electrons. The molecule has 1 aliphatic heterocycles. The van der Waals surface area contributed by atoms with Crippen molar-refractivity contribution in [3.05, 3.63) is 53.6 Å². The molecule has 0 spiro atoms. The Morgan fingerprint density at radius 3 is 2.52 bits per heavy atom. The second-order valence-corrected chi connectivity index (χ2v) is 7.65. The molecule has 1 fully saturated rings. The first kappa shape index (κ1) is 22.6. The number of aromatic nitrogens is 1. The van der Waals surface area contributed by atoms with E-state index in [1.807, 2.05) is 6.92 Å². The highest BCUT2D eigenvalue weighted by molar-refractivity contribution is 5.98. The molecule has 0 saturated carbocycles. The Hall–Kier alpha value is -3.04. The van der Waals surface area contributed by atoms with Gasteiger partial charge in [0.25, 0.3) is 0 Å². The summed E-state index contributed by atoms with van der Waals surface area (Å²) in [5.41, 5.74) is 7.69. The second-order valence-electron chi connectivity index (χ2n) is 7.65. The number of likely N-dealkylation sites (tertiary alicyclic amines) is 1. The van der Waals surface area contributed by atoms with Crippen molar-refractivity contribution in [1.29, 1.82) is 0 Å². The summed E-state index contributed by atoms with van der Waals surface area (Å²) in [6.45, 7) is 5.44. The third kappa shape index (κ3) is 5.36. The van der Waals surface area contributed by atoms with Gasteiger partial charge in [-0.15, -0.1) is 0 Å². The highest BCUT2D eigenvalue weighted by Gasteiger charge is 2.27. The van der Waals surface area contributed by atoms with E-state index in [1.54, 1.807) is 24.3 Å². The Kier molecular flexibility index (Phi) is 7.19. The summed E-state index contributed by atoms with van der Waals surface area (Å²) in [4.78, 5) is 36.5. The van der Waals surface area contributed by atoms with E-state index >= 15 is 0 Å². The molecule has 2 N–H and O–H groups in total. The van der Waals surface area contributed by atoms with E-state index < -0.39 is 11.8 Å². The van der Waals surface area contributed by atoms with Gasteiger partial charge in [-0.25, -0.2) is 14.2 Å². The number of rotatable bonds is 6. The number of nitrogens with zero attached hydrogens (tertiary/aromatic N) is 4. The van der Waals surface area contributed by atoms with Crippen molar-refractivity contribution >= 4 is 23.3 Å². The minimum atomic E-state index is -0.786. The maximum Gasteiger partial charge on any atom is 0.324 e. The van der Waals surface area contributed by atoms with Gasteiger partial charge in [-0.1, -0.05) is 6.07 Å². The number of hydrogen-bond acceptors (Lipinski definition) is 5. The van der Waals surface area contributed by atoms with Gasteiger partial charge in [-0.05, 0) is 49.6 Å². The minimum absolute atomic E-state index is 0.0434. The molecule has 1 aromatic heterocycles. The lowest BCUT2D eigenvalue weighted by Crippen LogP contribution is -2.46. The average molecular weight is 429 g/mol. The molecule has 0 atom stereocenters. The van der Waals surface area contributed by atoms with E-state index in [9.17, 15) is 14.0 Å². The van der Waals surface area contributed by atoms with Crippen LogP contribution in [0.15, 0.2) is 36.5 Å². The SMILES string of the molecule is CON(C(C)=O)C1CCN(Cc2ccc(F)c(N(C(N)=O)c3ccc(C)nc3)c2)CC1. The van der Waals surface area contributed by atoms with Crippen LogP contribution in [0.1, 0.15) is 31.0 Å². The van der Waals surface area contributed by atoms with Gasteiger partial charge in [-0.3, -0.25) is 24.4 Å². The van der Waals surface area contributed by atoms with Crippen LogP contribution in [0.25, 0.3) is 0 Å². The summed E-state index contributed by atoms with van der Waals surface area (Å²) in [6.07, 6.45) is 3.06. The molecule has 0 bridgehead atoms. The largest absolute Gasteiger partial charge is 0.351 e. The first-order chi connectivity index (χ1) is 14.8. The number of hydrogen-bond donors (Lipinski definition) is 1. The van der Waals surface area contributed by atoms with Gasteiger partial charge in [0, 0.05) is 32.3 Å². The van der Waals surface area contributed by atoms with Crippen molar-refractivity contribution in [3.8, 4) is 0 Å². The lowest BCUT2D eigenvalue weighted by molar-refractivity contribution is -0.190. The van der Waals surface area contributed by atoms with Crippen LogP contribution < -0.4 is 10.6 Å². The van der Waals surface area contributed by atoms with Gasteiger partial charge in [0.2, 0.25) is 5.91 Å². The van der Waals surface area contributed by atoms with Crippen molar-refractivity contribution in [2.45, 2.75) is 39.3 Å². The van der Waals surface area contributed by atoms with Gasteiger partial charge in [-0.2, -0.15) is 0 Å². The molecule has 31 heavy (non-hydrogen) atoms. The van der Waals surface area contributed by atoms with Gasteiger partial charge < -0.3 is 5.73 Å². The zero-order valence-electron chi connectivity index (χ0n) is 18.0. The maximum atomic E-state index is 14.6. The van der Waals surface area contributed by atoms with E-state index in [0.717, 1.165) is 42.1 Å². The summed E-state index contributed by atoms with van der Waals surface area (Å²) < 4.78 is 14.6. The van der Waals surface area contributed by atoms with Crippen LogP contribution in [-0.4, -0.2) is 53.1 Å². The number of primary amides is 1. The zero-order valence-corrected chi connectivity index (χ0v) is 18.0. The van der Waals surface area contributed by atoms with E-state index in [0.29, 0.717) is 12.2 Å². The minimum Gasteiger partial charge on any atom is -0.351 e. The van der Waals surface area contributed by atoms with Crippen LogP contribution in [-0.2, 0) is 16.2 Å². The summed E-state index contributed by atoms with van der Waals surface area (Å²) in [5.74, 6) is -0.653. The van der Waals surface area contributed by atoms with Gasteiger partial charge >= 0.3 is 6.03 Å². The number of benzene rings is 1. The second kappa shape index (κ2) is 9.84. The van der Waals surface area contributed by atoms with E-state index in [-0.39, 0.29) is 17.6 Å². The Morgan fingerprint density at radius 1 is 1.26 bits per heavy atom. The van der Waals surface area contributed by atoms with Crippen LogP contribution in [0.3, 0.4) is 0 Å². The summed E-state index contributed by atoms with van der Waals surface area (Å²) in [5, 5.41) is 1.42. The van der Waals surface area contributed by atoms with Gasteiger partial charge in [0.1, 0.15) is 5.82 Å². The number of urea groups is 1. The van der Waals surface area contributed by atoms with Crippen molar-refractivity contribution in [3.63, 3.8) is 0 Å². The lowest BCUT2D eigenvalue weighted by atomic mass is 10.0. The fourth-order valence-corrected chi connectivity index (χ4v) is 3.91. The number of anilines is 2. The monoisotopic (exact) mass is 429 g/mol. The van der Waals surface area contributed by atoms with Crippen LogP contribution >= 0.6 is 0 Å². The van der Waals surface area contributed by atoms with Gasteiger partial charge in [0.15, 0.2) is 0 Å². The Morgan fingerprint density at radius 2 is 1.97 bits per heavy atom. The zero-order chi connectivity index (χ0) is 22.5. The quantitative estimate of drug-likeness (QED) is 0.713. The van der Waals surface area contributed by atoms with Crippen molar-refractivity contribution in [1.82, 2.24) is 14.9 Å². The molecule has 3 amide bonds. The summed E-state index contributed by atoms with van der Waals surface area (Å²) >= 11 is 0. The molecule has 0 aliphatic carbocycles. The number of hydroxylamine groups is 2. The lowest BCUT2D eigenvalue weighted by Gasteiger charge is -2.36. The number of carbonyl (C=O) groups is 2. The number of halogens is 1. The Balaban J connectivity index is 1.75. The maximum absolute atomic E-state index is 14.6. The molecule has 0 unspecified atom stereocenters. The van der Waals surface area contributed by atoms with E-state index in [2.05, 4.69) is 9.88 Å². The summed E-state index contributed by atoms with van der Waals surface area (Å²) in [6, 6.07) is 7.37. The fourth-order valence-electron chi connectivity index (χ4n) is 3.91. The molecular weight excluding hydrogens is 401 g/mol. The normalized spacial score (nSPS) is 15.0. The molecule has 2 heterocycles. The van der Waals surface area contributed by atoms with Crippen LogP contribution in [0.2, 0.25) is 0 Å². The number of carbonyl (C=O) groups excluding carboxylic acids is 2. The van der Waals surface area contributed by atoms with Gasteiger partial charge in [0.05, 0.1) is 30.7 Å². The molecule has 9 heteroatoms. The molecule has 1 aromatic carbocycles. The highest BCUT2D eigenvalue weighted by Crippen LogP contribution is 2.29. The van der Waals surface area contributed by atoms with E-state index in [1.165, 1.54) is 31.4 Å². The third-order valence-corrected chi connectivity index (χ3v) is 5.43. The first-order valence-corrected chi connectivity index (χ1v) is 10.2. The molecule has 0 radical (unpaired) electrons. The van der Waals surface area contributed by atoms with Crippen LogP contribution in [0, 0.1) is 12.7 Å². The van der Waals surface area contributed by atoms with Crippen molar-refractivity contribution < 1.29 is 18.8 Å². The Bertz CT molecular complexity index is 929. The summed E-state index contributed by atoms with van der Waals surface area (Å²) in [7, 11) is 1.50. The number of amides is 3. The van der Waals surface area contributed by atoms with Crippen LogP contribution in [0.4, 0.5) is 20.6 Å². The molecule has 1 aliphatic rings. The number of pyridine rings is 1. The fraction of sp³-hybridized carbons (Fsp3) is 0.409. The predicted molar refractivity (Wildman–Crippen MR) is 115 cm³/mol. The Labute approximate surface area is 181 Å². The standard InChI is InChI=1S/C22H28FN5O3/c1-15-4-6-19(13-25-15)27(22(24)30)21-12-17(5-7-20(21)23)14-26-10-8-18(9-11-26)28(31-3)16(2)29/h4-7,12-13,18H,8-11,14H2,1-3H3,(H2,24,30). The van der Waals surface area contributed by atoms with Crippen molar-refractivity contribution in [2.75, 3.05) is 25.1 Å². The smallest absolute Gasteiger partial charge is 0.324 e. The van der Waals surface area contributed by atoms with Crippen molar-refractivity contribution in [2.24, 2.45) is 5.73 Å². The molecule has 2 aromatic rings. The predicted octanol–water partition coefficient (Wildman–Crippen LogP) is 3.12. The topological polar surface area (TPSA) is 92.0 Å². The first-order valence-electron chi connectivity index (χ1n) is 10.2. The van der Waals surface area contributed by atoms with E-state index in [4.69, 9.17) is 10.6 Å². The average Bonchev–Trinajstić information content (AvgIpc) is 2.73. The molecule has 8 nitrogen and oxygen atoms in total. The molecule has 3 rings (SSSR count). The number of nitrogens with two attached hydrogens (primary N) is 1. The molecular formula is C22H28FN5O3. The number of piperidine rings is 1. The van der Waals surface area contributed by atoms with Crippen LogP contribution in [0.5, 0.6) is 0 Å². The third-order valence-electron chi connectivity index (χ3n) is 5.43.